The van der Waals surface area contributed by atoms with Crippen molar-refractivity contribution >= 4 is 5.91 Å². The van der Waals surface area contributed by atoms with E-state index in [0.29, 0.717) is 19.0 Å². The molecule has 90 valence electrons. The average Bonchev–Trinajstić information content (AvgIpc) is 2.62. The van der Waals surface area contributed by atoms with Crippen LogP contribution in [-0.4, -0.2) is 17.4 Å². The van der Waals surface area contributed by atoms with Crippen molar-refractivity contribution in [1.29, 1.82) is 0 Å². The van der Waals surface area contributed by atoms with Crippen molar-refractivity contribution in [2.24, 2.45) is 17.6 Å². The third kappa shape index (κ3) is 3.34. The van der Waals surface area contributed by atoms with Crippen LogP contribution in [0, 0.1) is 18.8 Å². The molecule has 1 atom stereocenters. The standard InChI is InChI=1S/C11H19N3O2/c1-7(2)9(4-12)11(15)14-6-10-13-5-8(3)16-10/h5,7,9H,4,6,12H2,1-3H3,(H,14,15). The molecular formula is C11H19N3O2. The summed E-state index contributed by atoms with van der Waals surface area (Å²) in [6, 6.07) is 0. The van der Waals surface area contributed by atoms with Crippen LogP contribution < -0.4 is 11.1 Å². The fourth-order valence-electron chi connectivity index (χ4n) is 1.46. The Balaban J connectivity index is 2.45. The maximum Gasteiger partial charge on any atom is 0.225 e. The number of nitrogens with zero attached hydrogens (tertiary/aromatic N) is 1. The molecule has 1 aromatic rings. The van der Waals surface area contributed by atoms with Gasteiger partial charge in [-0.1, -0.05) is 13.8 Å². The number of aryl methyl sites for hydroxylation is 1. The lowest BCUT2D eigenvalue weighted by molar-refractivity contribution is -0.126. The molecule has 0 bridgehead atoms. The molecule has 0 spiro atoms. The van der Waals surface area contributed by atoms with E-state index < -0.39 is 0 Å². The molecule has 0 fully saturated rings. The van der Waals surface area contributed by atoms with Crippen LogP contribution in [0.2, 0.25) is 0 Å². The molecule has 1 rings (SSSR count). The van der Waals surface area contributed by atoms with E-state index in [1.807, 2.05) is 20.8 Å². The number of aromatic nitrogens is 1. The number of nitrogens with two attached hydrogens (primary N) is 1. The summed E-state index contributed by atoms with van der Waals surface area (Å²) >= 11 is 0. The van der Waals surface area contributed by atoms with Crippen LogP contribution in [0.15, 0.2) is 10.6 Å². The summed E-state index contributed by atoms with van der Waals surface area (Å²) < 4.78 is 5.25. The second kappa shape index (κ2) is 5.65. The summed E-state index contributed by atoms with van der Waals surface area (Å²) in [5, 5.41) is 2.77. The Morgan fingerprint density at radius 3 is 2.75 bits per heavy atom. The Bertz CT molecular complexity index is 347. The molecule has 0 aliphatic carbocycles. The zero-order chi connectivity index (χ0) is 12.1. The van der Waals surface area contributed by atoms with Gasteiger partial charge in [0.05, 0.1) is 18.7 Å². The minimum atomic E-state index is -0.156. The Kier molecular flexibility index (Phi) is 4.49. The van der Waals surface area contributed by atoms with Crippen LogP contribution in [-0.2, 0) is 11.3 Å². The van der Waals surface area contributed by atoms with Gasteiger partial charge in [0.25, 0.3) is 0 Å². The largest absolute Gasteiger partial charge is 0.444 e. The quantitative estimate of drug-likeness (QED) is 0.777. The molecule has 3 N–H and O–H groups in total. The molecule has 0 saturated heterocycles. The molecule has 16 heavy (non-hydrogen) atoms. The predicted molar refractivity (Wildman–Crippen MR) is 60.5 cm³/mol. The van der Waals surface area contributed by atoms with Crippen molar-refractivity contribution in [2.45, 2.75) is 27.3 Å². The van der Waals surface area contributed by atoms with Gasteiger partial charge in [0.15, 0.2) is 0 Å². The van der Waals surface area contributed by atoms with Crippen molar-refractivity contribution in [1.82, 2.24) is 10.3 Å². The Labute approximate surface area is 95.4 Å². The van der Waals surface area contributed by atoms with E-state index in [2.05, 4.69) is 10.3 Å². The van der Waals surface area contributed by atoms with E-state index in [0.717, 1.165) is 5.76 Å². The molecular weight excluding hydrogens is 206 g/mol. The number of hydrogen-bond donors (Lipinski definition) is 2. The van der Waals surface area contributed by atoms with Crippen molar-refractivity contribution in [2.75, 3.05) is 6.54 Å². The van der Waals surface area contributed by atoms with Gasteiger partial charge >= 0.3 is 0 Å². The molecule has 0 radical (unpaired) electrons. The first-order valence-corrected chi connectivity index (χ1v) is 5.43. The third-order valence-electron chi connectivity index (χ3n) is 2.48. The number of amides is 1. The van der Waals surface area contributed by atoms with Crippen LogP contribution in [0.5, 0.6) is 0 Å². The second-order valence-electron chi connectivity index (χ2n) is 4.17. The van der Waals surface area contributed by atoms with Gasteiger partial charge in [0, 0.05) is 6.54 Å². The minimum Gasteiger partial charge on any atom is -0.444 e. The fraction of sp³-hybridized carbons (Fsp3) is 0.636. The summed E-state index contributed by atoms with van der Waals surface area (Å²) in [5.41, 5.74) is 5.55. The van der Waals surface area contributed by atoms with Gasteiger partial charge in [-0.15, -0.1) is 0 Å². The maximum absolute atomic E-state index is 11.7. The molecule has 5 heteroatoms. The summed E-state index contributed by atoms with van der Waals surface area (Å²) in [4.78, 5) is 15.7. The Morgan fingerprint density at radius 2 is 2.31 bits per heavy atom. The lowest BCUT2D eigenvalue weighted by Crippen LogP contribution is -2.37. The van der Waals surface area contributed by atoms with Gasteiger partial charge in [0.2, 0.25) is 11.8 Å². The SMILES string of the molecule is Cc1cnc(CNC(=O)C(CN)C(C)C)o1. The lowest BCUT2D eigenvalue weighted by atomic mass is 9.95. The first-order valence-electron chi connectivity index (χ1n) is 5.43. The van der Waals surface area contributed by atoms with Crippen LogP contribution in [0.4, 0.5) is 0 Å². The summed E-state index contributed by atoms with van der Waals surface area (Å²) in [5.74, 6) is 1.29. The van der Waals surface area contributed by atoms with Crippen molar-refractivity contribution in [3.8, 4) is 0 Å². The highest BCUT2D eigenvalue weighted by Gasteiger charge is 2.20. The molecule has 5 nitrogen and oxygen atoms in total. The van der Waals surface area contributed by atoms with E-state index in [1.54, 1.807) is 6.20 Å². The lowest BCUT2D eigenvalue weighted by Gasteiger charge is -2.17. The number of nitrogens with one attached hydrogen (secondary N) is 1. The van der Waals surface area contributed by atoms with Gasteiger partial charge < -0.3 is 15.5 Å². The van der Waals surface area contributed by atoms with Gasteiger partial charge in [-0.2, -0.15) is 0 Å². The summed E-state index contributed by atoms with van der Waals surface area (Å²) in [6.07, 6.45) is 1.63. The molecule has 1 aromatic heterocycles. The number of hydrogen-bond acceptors (Lipinski definition) is 4. The fourth-order valence-corrected chi connectivity index (χ4v) is 1.46. The van der Waals surface area contributed by atoms with E-state index in [-0.39, 0.29) is 17.7 Å². The van der Waals surface area contributed by atoms with Crippen LogP contribution in [0.25, 0.3) is 0 Å². The van der Waals surface area contributed by atoms with Crippen molar-refractivity contribution in [3.63, 3.8) is 0 Å². The van der Waals surface area contributed by atoms with Crippen LogP contribution in [0.3, 0.4) is 0 Å². The summed E-state index contributed by atoms with van der Waals surface area (Å²) in [6.45, 7) is 6.44. The first-order chi connectivity index (χ1) is 7.54. The predicted octanol–water partition coefficient (Wildman–Crippen LogP) is 0.830. The zero-order valence-electron chi connectivity index (χ0n) is 9.99. The van der Waals surface area contributed by atoms with Gasteiger partial charge in [-0.3, -0.25) is 4.79 Å². The molecule has 0 aliphatic rings. The van der Waals surface area contributed by atoms with Crippen LogP contribution >= 0.6 is 0 Å². The monoisotopic (exact) mass is 225 g/mol. The highest BCUT2D eigenvalue weighted by molar-refractivity contribution is 5.78. The number of oxazole rings is 1. The van der Waals surface area contributed by atoms with Crippen LogP contribution in [0.1, 0.15) is 25.5 Å². The van der Waals surface area contributed by atoms with E-state index >= 15 is 0 Å². The Morgan fingerprint density at radius 1 is 1.62 bits per heavy atom. The molecule has 0 aliphatic heterocycles. The molecule has 1 amide bonds. The average molecular weight is 225 g/mol. The zero-order valence-corrected chi connectivity index (χ0v) is 9.99. The molecule has 1 unspecified atom stereocenters. The topological polar surface area (TPSA) is 81.2 Å². The minimum absolute atomic E-state index is 0.0478. The molecule has 0 saturated carbocycles. The van der Waals surface area contributed by atoms with E-state index in [4.69, 9.17) is 10.2 Å². The van der Waals surface area contributed by atoms with Gasteiger partial charge in [0.1, 0.15) is 5.76 Å². The van der Waals surface area contributed by atoms with Crippen molar-refractivity contribution in [3.05, 3.63) is 17.8 Å². The highest BCUT2D eigenvalue weighted by Crippen LogP contribution is 2.09. The second-order valence-corrected chi connectivity index (χ2v) is 4.17. The number of carbonyl (C=O) groups is 1. The Hall–Kier alpha value is -1.36. The number of carbonyl (C=O) groups excluding carboxylic acids is 1. The van der Waals surface area contributed by atoms with E-state index in [1.165, 1.54) is 0 Å². The first kappa shape index (κ1) is 12.7. The summed E-state index contributed by atoms with van der Waals surface area (Å²) in [7, 11) is 0. The molecule has 0 aromatic carbocycles. The maximum atomic E-state index is 11.7. The smallest absolute Gasteiger partial charge is 0.225 e. The van der Waals surface area contributed by atoms with Gasteiger partial charge in [-0.05, 0) is 12.8 Å². The number of rotatable bonds is 5. The van der Waals surface area contributed by atoms with Crippen molar-refractivity contribution < 1.29 is 9.21 Å². The van der Waals surface area contributed by atoms with E-state index in [9.17, 15) is 4.79 Å². The normalized spacial score (nSPS) is 12.8. The molecule has 1 heterocycles. The highest BCUT2D eigenvalue weighted by atomic mass is 16.4. The third-order valence-corrected chi connectivity index (χ3v) is 2.48. The van der Waals surface area contributed by atoms with Gasteiger partial charge in [-0.25, -0.2) is 4.98 Å².